The van der Waals surface area contributed by atoms with E-state index in [1.54, 1.807) is 12.1 Å². The molecule has 1 aromatic rings. The van der Waals surface area contributed by atoms with Crippen LogP contribution in [-0.2, 0) is 11.3 Å². The number of rotatable bonds is 4. The van der Waals surface area contributed by atoms with Gasteiger partial charge in [-0.15, -0.1) is 0 Å². The maximum absolute atomic E-state index is 12.9. The zero-order chi connectivity index (χ0) is 11.2. The molecule has 2 N–H and O–H groups in total. The molecule has 0 saturated carbocycles. The highest BCUT2D eigenvalue weighted by atomic mass is 19.1. The molecule has 0 bridgehead atoms. The smallest absolute Gasteiger partial charge is 0.123 e. The van der Waals surface area contributed by atoms with Crippen LogP contribution < -0.4 is 10.6 Å². The van der Waals surface area contributed by atoms with E-state index in [1.165, 1.54) is 6.07 Å². The summed E-state index contributed by atoms with van der Waals surface area (Å²) in [6.07, 6.45) is 0.224. The summed E-state index contributed by atoms with van der Waals surface area (Å²) in [5, 5.41) is 6.53. The molecule has 0 amide bonds. The van der Waals surface area contributed by atoms with Gasteiger partial charge in [0.1, 0.15) is 5.82 Å². The zero-order valence-corrected chi connectivity index (χ0v) is 9.21. The van der Waals surface area contributed by atoms with E-state index < -0.39 is 0 Å². The van der Waals surface area contributed by atoms with Crippen molar-refractivity contribution in [2.75, 3.05) is 26.2 Å². The average molecular weight is 224 g/mol. The Morgan fingerprint density at radius 1 is 1.50 bits per heavy atom. The topological polar surface area (TPSA) is 33.3 Å². The van der Waals surface area contributed by atoms with Crippen LogP contribution in [0.3, 0.4) is 0 Å². The molecule has 0 aliphatic carbocycles. The third-order valence-corrected chi connectivity index (χ3v) is 2.59. The van der Waals surface area contributed by atoms with Gasteiger partial charge < -0.3 is 15.4 Å². The second-order valence-corrected chi connectivity index (χ2v) is 3.96. The molecule has 0 aromatic heterocycles. The molecule has 1 aliphatic heterocycles. The highest BCUT2D eigenvalue weighted by Gasteiger charge is 2.12. The van der Waals surface area contributed by atoms with Gasteiger partial charge in [0.2, 0.25) is 0 Å². The highest BCUT2D eigenvalue weighted by molar-refractivity contribution is 5.15. The van der Waals surface area contributed by atoms with E-state index in [0.717, 1.165) is 31.8 Å². The molecule has 1 aromatic carbocycles. The van der Waals surface area contributed by atoms with E-state index in [1.807, 2.05) is 6.07 Å². The normalized spacial score (nSPS) is 20.9. The molecule has 3 nitrogen and oxygen atoms in total. The van der Waals surface area contributed by atoms with E-state index >= 15 is 0 Å². The third kappa shape index (κ3) is 3.56. The molecule has 2 rings (SSSR count). The number of ether oxygens (including phenoxy) is 1. The lowest BCUT2D eigenvalue weighted by atomic mass is 10.2. The van der Waals surface area contributed by atoms with Crippen molar-refractivity contribution in [1.82, 2.24) is 10.6 Å². The number of halogens is 1. The Balaban J connectivity index is 1.71. The van der Waals surface area contributed by atoms with Crippen LogP contribution in [0.4, 0.5) is 4.39 Å². The van der Waals surface area contributed by atoms with Crippen molar-refractivity contribution in [3.05, 3.63) is 35.6 Å². The molecule has 0 spiro atoms. The van der Waals surface area contributed by atoms with E-state index in [-0.39, 0.29) is 11.9 Å². The van der Waals surface area contributed by atoms with Crippen molar-refractivity contribution in [2.24, 2.45) is 0 Å². The van der Waals surface area contributed by atoms with Crippen LogP contribution in [0.15, 0.2) is 24.3 Å². The summed E-state index contributed by atoms with van der Waals surface area (Å²) >= 11 is 0. The van der Waals surface area contributed by atoms with E-state index in [0.29, 0.717) is 6.54 Å². The van der Waals surface area contributed by atoms with Crippen molar-refractivity contribution in [1.29, 1.82) is 0 Å². The van der Waals surface area contributed by atoms with Crippen LogP contribution in [0, 0.1) is 5.82 Å². The van der Waals surface area contributed by atoms with Gasteiger partial charge in [0.15, 0.2) is 0 Å². The van der Waals surface area contributed by atoms with Crippen LogP contribution in [-0.4, -0.2) is 32.3 Å². The molecule has 16 heavy (non-hydrogen) atoms. The first-order valence-electron chi connectivity index (χ1n) is 5.62. The van der Waals surface area contributed by atoms with E-state index in [9.17, 15) is 4.39 Å². The van der Waals surface area contributed by atoms with E-state index in [2.05, 4.69) is 10.6 Å². The lowest BCUT2D eigenvalue weighted by Crippen LogP contribution is -2.43. The molecule has 1 aliphatic rings. The fourth-order valence-electron chi connectivity index (χ4n) is 1.78. The van der Waals surface area contributed by atoms with Gasteiger partial charge in [-0.05, 0) is 17.7 Å². The van der Waals surface area contributed by atoms with Gasteiger partial charge in [-0.2, -0.15) is 0 Å². The van der Waals surface area contributed by atoms with Crippen molar-refractivity contribution < 1.29 is 9.13 Å². The van der Waals surface area contributed by atoms with Crippen molar-refractivity contribution in [3.8, 4) is 0 Å². The standard InChI is InChI=1S/C12H17FN2O/c13-11-3-1-2-10(6-11)7-15-9-12-8-14-4-5-16-12/h1-3,6,12,14-15H,4-5,7-9H2. The van der Waals surface area contributed by atoms with Crippen LogP contribution in [0.25, 0.3) is 0 Å². The fourth-order valence-corrected chi connectivity index (χ4v) is 1.78. The summed E-state index contributed by atoms with van der Waals surface area (Å²) in [5.41, 5.74) is 0.962. The Kier molecular flexibility index (Phi) is 4.27. The minimum absolute atomic E-state index is 0.185. The largest absolute Gasteiger partial charge is 0.374 e. The Hall–Kier alpha value is -0.970. The van der Waals surface area contributed by atoms with Crippen LogP contribution >= 0.6 is 0 Å². The van der Waals surface area contributed by atoms with Crippen molar-refractivity contribution in [3.63, 3.8) is 0 Å². The molecular weight excluding hydrogens is 207 g/mol. The Bertz CT molecular complexity index is 327. The summed E-state index contributed by atoms with van der Waals surface area (Å²) < 4.78 is 18.4. The minimum Gasteiger partial charge on any atom is -0.374 e. The molecular formula is C12H17FN2O. The first-order chi connectivity index (χ1) is 7.84. The van der Waals surface area contributed by atoms with Gasteiger partial charge in [0.25, 0.3) is 0 Å². The maximum Gasteiger partial charge on any atom is 0.123 e. The van der Waals surface area contributed by atoms with Crippen molar-refractivity contribution >= 4 is 0 Å². The summed E-state index contributed by atoms with van der Waals surface area (Å²) in [7, 11) is 0. The minimum atomic E-state index is -0.185. The number of nitrogens with one attached hydrogen (secondary N) is 2. The van der Waals surface area contributed by atoms with Gasteiger partial charge in [-0.3, -0.25) is 0 Å². The monoisotopic (exact) mass is 224 g/mol. The van der Waals surface area contributed by atoms with Gasteiger partial charge in [-0.1, -0.05) is 12.1 Å². The lowest BCUT2D eigenvalue weighted by molar-refractivity contribution is 0.0290. The third-order valence-electron chi connectivity index (χ3n) is 2.59. The second-order valence-electron chi connectivity index (χ2n) is 3.96. The zero-order valence-electron chi connectivity index (χ0n) is 9.21. The number of hydrogen-bond donors (Lipinski definition) is 2. The quantitative estimate of drug-likeness (QED) is 0.797. The van der Waals surface area contributed by atoms with Gasteiger partial charge in [0, 0.05) is 26.2 Å². The number of morpholine rings is 1. The first-order valence-corrected chi connectivity index (χ1v) is 5.62. The maximum atomic E-state index is 12.9. The fraction of sp³-hybridized carbons (Fsp3) is 0.500. The molecule has 1 unspecified atom stereocenters. The molecule has 1 fully saturated rings. The summed E-state index contributed by atoms with van der Waals surface area (Å²) in [5.74, 6) is -0.185. The summed E-state index contributed by atoms with van der Waals surface area (Å²) in [6.45, 7) is 4.06. The Labute approximate surface area is 95.0 Å². The second kappa shape index (κ2) is 5.94. The van der Waals surface area contributed by atoms with Crippen LogP contribution in [0.5, 0.6) is 0 Å². The van der Waals surface area contributed by atoms with Crippen molar-refractivity contribution in [2.45, 2.75) is 12.6 Å². The van der Waals surface area contributed by atoms with Gasteiger partial charge >= 0.3 is 0 Å². The average Bonchev–Trinajstić information content (AvgIpc) is 2.30. The molecule has 88 valence electrons. The predicted molar refractivity (Wildman–Crippen MR) is 60.7 cm³/mol. The van der Waals surface area contributed by atoms with Crippen LogP contribution in [0.2, 0.25) is 0 Å². The van der Waals surface area contributed by atoms with Crippen LogP contribution in [0.1, 0.15) is 5.56 Å². The molecule has 1 saturated heterocycles. The Morgan fingerprint density at radius 3 is 3.19 bits per heavy atom. The SMILES string of the molecule is Fc1cccc(CNCC2CNCCO2)c1. The van der Waals surface area contributed by atoms with Gasteiger partial charge in [-0.25, -0.2) is 4.39 Å². The molecule has 0 radical (unpaired) electrons. The number of hydrogen-bond acceptors (Lipinski definition) is 3. The lowest BCUT2D eigenvalue weighted by Gasteiger charge is -2.23. The highest BCUT2D eigenvalue weighted by Crippen LogP contribution is 2.03. The Morgan fingerprint density at radius 2 is 2.44 bits per heavy atom. The first kappa shape index (κ1) is 11.5. The molecule has 4 heteroatoms. The summed E-state index contributed by atoms with van der Waals surface area (Å²) in [4.78, 5) is 0. The number of benzene rings is 1. The molecule has 1 heterocycles. The predicted octanol–water partition coefficient (Wildman–Crippen LogP) is 0.904. The van der Waals surface area contributed by atoms with Gasteiger partial charge in [0.05, 0.1) is 12.7 Å². The van der Waals surface area contributed by atoms with E-state index in [4.69, 9.17) is 4.74 Å². The summed E-state index contributed by atoms with van der Waals surface area (Å²) in [6, 6.07) is 6.64. The molecule has 1 atom stereocenters.